The van der Waals surface area contributed by atoms with Gasteiger partial charge in [-0.25, -0.2) is 0 Å². The Balaban J connectivity index is 0.000000325. The molecule has 0 aromatic carbocycles. The Morgan fingerprint density at radius 2 is 2.12 bits per heavy atom. The Kier molecular flexibility index (Phi) is 8.17. The quantitative estimate of drug-likeness (QED) is 0.767. The molecule has 1 unspecified atom stereocenters. The molecular weight excluding hydrogens is 218 g/mol. The monoisotopic (exact) mass is 245 g/mol. The highest BCUT2D eigenvalue weighted by molar-refractivity contribution is 5.37. The maximum Gasteiger partial charge on any atom is 0.293 e. The first kappa shape index (κ1) is 16.4. The third-order valence-electron chi connectivity index (χ3n) is 2.48. The van der Waals surface area contributed by atoms with Crippen LogP contribution < -0.4 is 0 Å². The number of unbranched alkanes of at least 4 members (excludes halogenated alkanes) is 1. The number of rotatable bonds is 4. The first-order chi connectivity index (χ1) is 7.89. The molecule has 17 heavy (non-hydrogen) atoms. The molecule has 1 aliphatic heterocycles. The summed E-state index contributed by atoms with van der Waals surface area (Å²) in [5.41, 5.74) is -0.318. The fourth-order valence-corrected chi connectivity index (χ4v) is 1.54. The van der Waals surface area contributed by atoms with Crippen molar-refractivity contribution in [1.82, 2.24) is 4.90 Å². The van der Waals surface area contributed by atoms with E-state index in [0.717, 1.165) is 19.5 Å². The zero-order valence-corrected chi connectivity index (χ0v) is 11.6. The molecule has 0 aliphatic carbocycles. The first-order valence-electron chi connectivity index (χ1n) is 6.41. The van der Waals surface area contributed by atoms with Gasteiger partial charge in [0.25, 0.3) is 6.47 Å². The van der Waals surface area contributed by atoms with E-state index in [0.29, 0.717) is 6.47 Å². The van der Waals surface area contributed by atoms with Crippen molar-refractivity contribution in [3.05, 3.63) is 0 Å². The lowest BCUT2D eigenvalue weighted by molar-refractivity contribution is -0.138. The maximum absolute atomic E-state index is 9.60. The average Bonchev–Trinajstić information content (AvgIpc) is 2.60. The fraction of sp³-hybridized carbons (Fsp3) is 0.923. The van der Waals surface area contributed by atoms with Crippen LogP contribution in [0, 0.1) is 0 Å². The molecule has 1 saturated heterocycles. The van der Waals surface area contributed by atoms with Crippen LogP contribution in [0.4, 0.5) is 0 Å². The molecule has 1 aliphatic rings. The van der Waals surface area contributed by atoms with Gasteiger partial charge in [-0.15, -0.1) is 0 Å². The number of ether oxygens (including phenoxy) is 1. The van der Waals surface area contributed by atoms with E-state index in [1.807, 2.05) is 20.8 Å². The molecule has 1 rings (SSSR count). The van der Waals surface area contributed by atoms with Crippen LogP contribution in [0.25, 0.3) is 0 Å². The average molecular weight is 245 g/mol. The van der Waals surface area contributed by atoms with Crippen LogP contribution in [-0.4, -0.2) is 47.8 Å². The second-order valence-electron chi connectivity index (χ2n) is 5.42. The standard InChI is InChI=1S/C8H17NO.C5H10O2/c1-2-3-5-9-6-4-8(10)7-9;1-5(2,3)7-4-6/h8,10H,2-7H2,1H3;4H,1-3H3. The summed E-state index contributed by atoms with van der Waals surface area (Å²) in [6, 6.07) is 0. The molecule has 4 heteroatoms. The van der Waals surface area contributed by atoms with E-state index in [1.54, 1.807) is 0 Å². The van der Waals surface area contributed by atoms with Gasteiger partial charge in [-0.05, 0) is 40.2 Å². The highest BCUT2D eigenvalue weighted by Crippen LogP contribution is 2.08. The number of nitrogens with zero attached hydrogens (tertiary/aromatic N) is 1. The van der Waals surface area contributed by atoms with Crippen molar-refractivity contribution < 1.29 is 14.6 Å². The van der Waals surface area contributed by atoms with E-state index in [9.17, 15) is 4.79 Å². The number of aliphatic hydroxyl groups excluding tert-OH is 1. The number of carbonyl (C=O) groups excluding carboxylic acids is 1. The molecule has 1 N–H and O–H groups in total. The Morgan fingerprint density at radius 3 is 2.41 bits per heavy atom. The summed E-state index contributed by atoms with van der Waals surface area (Å²) in [5, 5.41) is 9.16. The minimum Gasteiger partial charge on any atom is -0.462 e. The van der Waals surface area contributed by atoms with Gasteiger partial charge in [0.15, 0.2) is 0 Å². The minimum atomic E-state index is -0.318. The van der Waals surface area contributed by atoms with Crippen LogP contribution in [-0.2, 0) is 9.53 Å². The van der Waals surface area contributed by atoms with E-state index in [4.69, 9.17) is 5.11 Å². The molecule has 0 saturated carbocycles. The summed E-state index contributed by atoms with van der Waals surface area (Å²) >= 11 is 0. The highest BCUT2D eigenvalue weighted by Gasteiger charge is 2.18. The van der Waals surface area contributed by atoms with Crippen molar-refractivity contribution in [2.75, 3.05) is 19.6 Å². The van der Waals surface area contributed by atoms with Gasteiger partial charge in [0, 0.05) is 13.1 Å². The molecule has 1 fully saturated rings. The van der Waals surface area contributed by atoms with E-state index in [1.165, 1.54) is 19.4 Å². The second-order valence-corrected chi connectivity index (χ2v) is 5.42. The maximum atomic E-state index is 9.60. The van der Waals surface area contributed by atoms with Crippen LogP contribution in [0.1, 0.15) is 47.0 Å². The smallest absolute Gasteiger partial charge is 0.293 e. The second kappa shape index (κ2) is 8.48. The summed E-state index contributed by atoms with van der Waals surface area (Å²) < 4.78 is 4.55. The van der Waals surface area contributed by atoms with Gasteiger partial charge in [0.1, 0.15) is 5.60 Å². The summed E-state index contributed by atoms with van der Waals surface area (Å²) in [4.78, 5) is 11.9. The van der Waals surface area contributed by atoms with Crippen molar-refractivity contribution in [2.45, 2.75) is 58.7 Å². The molecule has 0 bridgehead atoms. The molecule has 4 nitrogen and oxygen atoms in total. The van der Waals surface area contributed by atoms with Crippen LogP contribution in [0.15, 0.2) is 0 Å². The predicted molar refractivity (Wildman–Crippen MR) is 68.9 cm³/mol. The van der Waals surface area contributed by atoms with Gasteiger partial charge in [0.2, 0.25) is 0 Å². The third kappa shape index (κ3) is 10.3. The van der Waals surface area contributed by atoms with E-state index in [-0.39, 0.29) is 11.7 Å². The van der Waals surface area contributed by atoms with Gasteiger partial charge < -0.3 is 14.7 Å². The molecule has 0 aromatic rings. The molecule has 1 atom stereocenters. The highest BCUT2D eigenvalue weighted by atomic mass is 16.5. The largest absolute Gasteiger partial charge is 0.462 e. The zero-order valence-electron chi connectivity index (χ0n) is 11.6. The Morgan fingerprint density at radius 1 is 1.47 bits per heavy atom. The third-order valence-corrected chi connectivity index (χ3v) is 2.48. The first-order valence-corrected chi connectivity index (χ1v) is 6.41. The summed E-state index contributed by atoms with van der Waals surface area (Å²) in [6.07, 6.45) is 3.46. The van der Waals surface area contributed by atoms with Gasteiger partial charge in [-0.1, -0.05) is 13.3 Å². The molecular formula is C13H27NO3. The van der Waals surface area contributed by atoms with Crippen molar-refractivity contribution >= 4 is 6.47 Å². The summed E-state index contributed by atoms with van der Waals surface area (Å²) in [7, 11) is 0. The lowest BCUT2D eigenvalue weighted by Crippen LogP contribution is -2.22. The van der Waals surface area contributed by atoms with Crippen LogP contribution in [0.5, 0.6) is 0 Å². The Bertz CT molecular complexity index is 201. The number of β-amino-alcohol motifs (C(OH)–C–C–N with tert-alkyl or cyclic N) is 1. The van der Waals surface area contributed by atoms with Crippen molar-refractivity contribution in [2.24, 2.45) is 0 Å². The lowest BCUT2D eigenvalue weighted by Gasteiger charge is -2.14. The lowest BCUT2D eigenvalue weighted by atomic mass is 10.2. The van der Waals surface area contributed by atoms with Crippen LogP contribution >= 0.6 is 0 Å². The van der Waals surface area contributed by atoms with Gasteiger partial charge >= 0.3 is 0 Å². The predicted octanol–water partition coefficient (Wildman–Crippen LogP) is 1.81. The number of aliphatic hydroxyl groups is 1. The summed E-state index contributed by atoms with van der Waals surface area (Å²) in [6.45, 7) is 11.3. The molecule has 0 aromatic heterocycles. The number of hydrogen-bond donors (Lipinski definition) is 1. The Hall–Kier alpha value is -0.610. The van der Waals surface area contributed by atoms with Crippen molar-refractivity contribution in [3.63, 3.8) is 0 Å². The van der Waals surface area contributed by atoms with Crippen molar-refractivity contribution in [3.8, 4) is 0 Å². The van der Waals surface area contributed by atoms with Gasteiger partial charge in [-0.3, -0.25) is 4.79 Å². The molecule has 0 spiro atoms. The molecule has 102 valence electrons. The van der Waals surface area contributed by atoms with E-state index < -0.39 is 0 Å². The molecule has 1 heterocycles. The SMILES string of the molecule is CC(C)(C)OC=O.CCCCN1CCC(O)C1. The Labute approximate surface area is 105 Å². The van der Waals surface area contributed by atoms with Crippen LogP contribution in [0.2, 0.25) is 0 Å². The topological polar surface area (TPSA) is 49.8 Å². The zero-order chi connectivity index (χ0) is 13.3. The summed E-state index contributed by atoms with van der Waals surface area (Å²) in [5.74, 6) is 0. The number of hydrogen-bond acceptors (Lipinski definition) is 4. The number of likely N-dealkylation sites (tertiary alicyclic amines) is 1. The van der Waals surface area contributed by atoms with Crippen LogP contribution in [0.3, 0.4) is 0 Å². The normalized spacial score (nSPS) is 20.6. The van der Waals surface area contributed by atoms with E-state index >= 15 is 0 Å². The van der Waals surface area contributed by atoms with Crippen molar-refractivity contribution in [1.29, 1.82) is 0 Å². The molecule has 0 radical (unpaired) electrons. The number of carbonyl (C=O) groups is 1. The molecule has 0 amide bonds. The van der Waals surface area contributed by atoms with E-state index in [2.05, 4.69) is 16.6 Å². The van der Waals surface area contributed by atoms with Gasteiger partial charge in [0.05, 0.1) is 6.10 Å². The fourth-order valence-electron chi connectivity index (χ4n) is 1.54. The minimum absolute atomic E-state index is 0.0446. The van der Waals surface area contributed by atoms with Gasteiger partial charge in [-0.2, -0.15) is 0 Å².